The van der Waals surface area contributed by atoms with Gasteiger partial charge < -0.3 is 4.74 Å². The Morgan fingerprint density at radius 1 is 1.11 bits per heavy atom. The lowest BCUT2D eigenvalue weighted by Crippen LogP contribution is -2.58. The van der Waals surface area contributed by atoms with Crippen LogP contribution >= 0.6 is 0 Å². The Morgan fingerprint density at radius 2 is 1.81 bits per heavy atom. The van der Waals surface area contributed by atoms with Crippen molar-refractivity contribution in [2.45, 2.75) is 13.5 Å². The second kappa shape index (κ2) is 7.82. The number of aryl methyl sites for hydroxylation is 1. The van der Waals surface area contributed by atoms with E-state index in [9.17, 15) is 14.4 Å². The lowest BCUT2D eigenvalue weighted by Gasteiger charge is -2.28. The van der Waals surface area contributed by atoms with Gasteiger partial charge in [-0.15, -0.1) is 0 Å². The van der Waals surface area contributed by atoms with E-state index in [1.165, 1.54) is 6.21 Å². The number of nitrogens with zero attached hydrogens (tertiary/aromatic N) is 2. The second-order valence-electron chi connectivity index (χ2n) is 6.08. The van der Waals surface area contributed by atoms with Crippen LogP contribution in [0.25, 0.3) is 0 Å². The summed E-state index contributed by atoms with van der Waals surface area (Å²) in [6.07, 6.45) is 1.28. The number of para-hydroxylation sites is 1. The summed E-state index contributed by atoms with van der Waals surface area (Å²) in [5.74, 6) is -1.81. The monoisotopic (exact) mass is 365 g/mol. The number of amides is 4. The molecular formula is C20H19N3O4. The van der Waals surface area contributed by atoms with Crippen molar-refractivity contribution in [1.29, 1.82) is 0 Å². The number of anilines is 1. The zero-order valence-electron chi connectivity index (χ0n) is 15.0. The molecule has 1 saturated heterocycles. The van der Waals surface area contributed by atoms with Crippen molar-refractivity contribution in [3.05, 3.63) is 59.7 Å². The zero-order chi connectivity index (χ0) is 19.4. The van der Waals surface area contributed by atoms with Crippen LogP contribution in [-0.4, -0.2) is 31.2 Å². The maximum Gasteiger partial charge on any atom is 0.335 e. The Bertz CT molecular complexity index is 906. The van der Waals surface area contributed by atoms with Crippen LogP contribution in [0.15, 0.2) is 53.5 Å². The number of barbiturate groups is 1. The minimum atomic E-state index is -1.17. The van der Waals surface area contributed by atoms with Gasteiger partial charge in [0.1, 0.15) is 5.75 Å². The van der Waals surface area contributed by atoms with Crippen LogP contribution in [0.2, 0.25) is 0 Å². The molecule has 27 heavy (non-hydrogen) atoms. The van der Waals surface area contributed by atoms with Gasteiger partial charge in [0.05, 0.1) is 19.3 Å². The molecule has 0 aliphatic carbocycles. The fraction of sp³-hybridized carbons (Fsp3) is 0.200. The van der Waals surface area contributed by atoms with E-state index < -0.39 is 23.8 Å². The van der Waals surface area contributed by atoms with Crippen molar-refractivity contribution in [1.82, 2.24) is 5.32 Å². The molecule has 138 valence electrons. The maximum absolute atomic E-state index is 12.7. The van der Waals surface area contributed by atoms with Gasteiger partial charge in [-0.3, -0.25) is 19.9 Å². The number of carbonyl (C=O) groups is 3. The summed E-state index contributed by atoms with van der Waals surface area (Å²) in [5.41, 5.74) is 2.22. The molecule has 7 heteroatoms. The quantitative estimate of drug-likeness (QED) is 0.651. The molecule has 0 unspecified atom stereocenters. The molecule has 3 rings (SSSR count). The van der Waals surface area contributed by atoms with Crippen LogP contribution < -0.4 is 15.0 Å². The lowest BCUT2D eigenvalue weighted by molar-refractivity contribution is -0.131. The Hall–Kier alpha value is -3.48. The molecule has 2 aromatic carbocycles. The van der Waals surface area contributed by atoms with Gasteiger partial charge in [-0.25, -0.2) is 9.69 Å². The summed E-state index contributed by atoms with van der Waals surface area (Å²) in [6, 6.07) is 13.5. The first kappa shape index (κ1) is 18.3. The molecule has 0 spiro atoms. The van der Waals surface area contributed by atoms with Crippen molar-refractivity contribution in [2.24, 2.45) is 10.9 Å². The van der Waals surface area contributed by atoms with Crippen LogP contribution in [0.5, 0.6) is 5.75 Å². The molecule has 0 saturated carbocycles. The number of hydrogen-bond acceptors (Lipinski definition) is 5. The van der Waals surface area contributed by atoms with Crippen molar-refractivity contribution in [3.63, 3.8) is 0 Å². The summed E-state index contributed by atoms with van der Waals surface area (Å²) in [4.78, 5) is 42.2. The van der Waals surface area contributed by atoms with E-state index >= 15 is 0 Å². The number of ether oxygens (including phenoxy) is 1. The third kappa shape index (κ3) is 3.87. The van der Waals surface area contributed by atoms with Crippen molar-refractivity contribution in [3.8, 4) is 5.75 Å². The van der Waals surface area contributed by atoms with Gasteiger partial charge in [-0.1, -0.05) is 35.9 Å². The van der Waals surface area contributed by atoms with Gasteiger partial charge in [-0.2, -0.15) is 0 Å². The molecule has 1 N–H and O–H groups in total. The van der Waals surface area contributed by atoms with Crippen molar-refractivity contribution >= 4 is 29.7 Å². The molecule has 4 amide bonds. The molecular weight excluding hydrogens is 346 g/mol. The predicted molar refractivity (Wildman–Crippen MR) is 101 cm³/mol. The highest BCUT2D eigenvalue weighted by atomic mass is 16.5. The van der Waals surface area contributed by atoms with Crippen LogP contribution in [0, 0.1) is 12.8 Å². The maximum atomic E-state index is 12.7. The first-order valence-corrected chi connectivity index (χ1v) is 8.38. The highest BCUT2D eigenvalue weighted by molar-refractivity contribution is 6.32. The minimum absolute atomic E-state index is 0.250. The highest BCUT2D eigenvalue weighted by Crippen LogP contribution is 2.21. The Labute approximate surface area is 156 Å². The third-order valence-corrected chi connectivity index (χ3v) is 4.20. The SMILES string of the molecule is COc1ccccc1CN=C[C@H]1C(=O)NC(=O)N(c2ccc(C)cc2)C1=O. The number of rotatable bonds is 5. The predicted octanol–water partition coefficient (Wildman–Crippen LogP) is 2.47. The molecule has 0 bridgehead atoms. The van der Waals surface area contributed by atoms with E-state index in [0.29, 0.717) is 11.4 Å². The normalized spacial score (nSPS) is 17.3. The van der Waals surface area contributed by atoms with Gasteiger partial charge in [0.2, 0.25) is 5.91 Å². The van der Waals surface area contributed by atoms with Crippen molar-refractivity contribution in [2.75, 3.05) is 12.0 Å². The standard InChI is InChI=1S/C20H19N3O4/c1-13-7-9-15(10-8-13)23-19(25)16(18(24)22-20(23)26)12-21-11-14-5-3-4-6-17(14)27-2/h3-10,12,16H,11H2,1-2H3,(H,22,24,26)/t16-/m0/s1. The highest BCUT2D eigenvalue weighted by Gasteiger charge is 2.40. The van der Waals surface area contributed by atoms with Gasteiger partial charge in [-0.05, 0) is 25.1 Å². The van der Waals surface area contributed by atoms with E-state index in [1.54, 1.807) is 37.4 Å². The Balaban J connectivity index is 1.80. The van der Waals surface area contributed by atoms with Gasteiger partial charge in [0.15, 0.2) is 5.92 Å². The number of hydrogen-bond donors (Lipinski definition) is 1. The topological polar surface area (TPSA) is 88.1 Å². The molecule has 7 nitrogen and oxygen atoms in total. The van der Waals surface area contributed by atoms with Crippen LogP contribution in [0.4, 0.5) is 10.5 Å². The molecule has 1 fully saturated rings. The van der Waals surface area contributed by atoms with E-state index in [2.05, 4.69) is 10.3 Å². The summed E-state index contributed by atoms with van der Waals surface area (Å²) >= 11 is 0. The molecule has 1 atom stereocenters. The average molecular weight is 365 g/mol. The summed E-state index contributed by atoms with van der Waals surface area (Å²) in [7, 11) is 1.56. The smallest absolute Gasteiger partial charge is 0.335 e. The van der Waals surface area contributed by atoms with Crippen LogP contribution in [0.1, 0.15) is 11.1 Å². The number of nitrogens with one attached hydrogen (secondary N) is 1. The molecule has 2 aromatic rings. The minimum Gasteiger partial charge on any atom is -0.496 e. The summed E-state index contributed by atoms with van der Waals surface area (Å²) < 4.78 is 5.26. The fourth-order valence-electron chi connectivity index (χ4n) is 2.75. The summed E-state index contributed by atoms with van der Waals surface area (Å²) in [5, 5.41) is 2.21. The second-order valence-corrected chi connectivity index (χ2v) is 6.08. The number of carbonyl (C=O) groups excluding carboxylic acids is 3. The van der Waals surface area contributed by atoms with Crippen molar-refractivity contribution < 1.29 is 19.1 Å². The molecule has 1 heterocycles. The first-order valence-electron chi connectivity index (χ1n) is 8.38. The number of methoxy groups -OCH3 is 1. The Kier molecular flexibility index (Phi) is 5.30. The lowest BCUT2D eigenvalue weighted by atomic mass is 10.1. The van der Waals surface area contributed by atoms with Gasteiger partial charge >= 0.3 is 6.03 Å². The zero-order valence-corrected chi connectivity index (χ0v) is 15.0. The van der Waals surface area contributed by atoms with E-state index in [-0.39, 0.29) is 6.54 Å². The number of aliphatic imine (C=N–C) groups is 1. The third-order valence-electron chi connectivity index (χ3n) is 4.20. The van der Waals surface area contributed by atoms with Gasteiger partial charge in [0, 0.05) is 11.8 Å². The molecule has 0 aromatic heterocycles. The molecule has 1 aliphatic heterocycles. The molecule has 0 radical (unpaired) electrons. The molecule has 1 aliphatic rings. The van der Waals surface area contributed by atoms with E-state index in [4.69, 9.17) is 4.74 Å². The van der Waals surface area contributed by atoms with Crippen LogP contribution in [0.3, 0.4) is 0 Å². The Morgan fingerprint density at radius 3 is 2.52 bits per heavy atom. The summed E-state index contributed by atoms with van der Waals surface area (Å²) in [6.45, 7) is 2.15. The number of imide groups is 2. The fourth-order valence-corrected chi connectivity index (χ4v) is 2.75. The van der Waals surface area contributed by atoms with E-state index in [0.717, 1.165) is 16.0 Å². The average Bonchev–Trinajstić information content (AvgIpc) is 2.66. The van der Waals surface area contributed by atoms with Crippen LogP contribution in [-0.2, 0) is 16.1 Å². The van der Waals surface area contributed by atoms with E-state index in [1.807, 2.05) is 25.1 Å². The van der Waals surface area contributed by atoms with Gasteiger partial charge in [0.25, 0.3) is 5.91 Å². The number of urea groups is 1. The first-order chi connectivity index (χ1) is 13.0. The number of benzene rings is 2. The largest absolute Gasteiger partial charge is 0.496 e.